The average Bonchev–Trinajstić information content (AvgIpc) is 3.05. The van der Waals surface area contributed by atoms with Crippen LogP contribution in [0.15, 0.2) is 24.3 Å². The molecule has 0 atom stereocenters. The molecule has 0 N–H and O–H groups in total. The minimum Gasteiger partial charge on any atom is -0.494 e. The van der Waals surface area contributed by atoms with Crippen molar-refractivity contribution in [2.45, 2.75) is 33.1 Å². The van der Waals surface area contributed by atoms with Crippen LogP contribution in [0, 0.1) is 0 Å². The Morgan fingerprint density at radius 2 is 1.96 bits per heavy atom. The van der Waals surface area contributed by atoms with Gasteiger partial charge in [0, 0.05) is 11.0 Å². The smallest absolute Gasteiger partial charge is 0.213 e. The third-order valence-corrected chi connectivity index (χ3v) is 4.76. The van der Waals surface area contributed by atoms with E-state index in [0.717, 1.165) is 27.6 Å². The lowest BCUT2D eigenvalue weighted by Gasteiger charge is -2.12. The third kappa shape index (κ3) is 2.86. The largest absolute Gasteiger partial charge is 0.494 e. The highest BCUT2D eigenvalue weighted by Crippen LogP contribution is 2.31. The van der Waals surface area contributed by atoms with Crippen molar-refractivity contribution in [1.82, 2.24) is 14.6 Å². The second kappa shape index (κ2) is 5.77. The molecule has 0 radical (unpaired) electrons. The number of benzene rings is 1. The van der Waals surface area contributed by atoms with Crippen LogP contribution in [0.4, 0.5) is 0 Å². The molecule has 1 aromatic carbocycles. The van der Waals surface area contributed by atoms with Gasteiger partial charge >= 0.3 is 0 Å². The predicted molar refractivity (Wildman–Crippen MR) is 91.6 cm³/mol. The SMILES string of the molecule is CCOc1ccc(-c2nc3sc(C(C)(C)C)nn3c2C=O)cc1. The van der Waals surface area contributed by atoms with Crippen LogP contribution in [0.1, 0.15) is 43.2 Å². The molecule has 2 aromatic heterocycles. The van der Waals surface area contributed by atoms with Crippen molar-refractivity contribution in [2.24, 2.45) is 0 Å². The summed E-state index contributed by atoms with van der Waals surface area (Å²) in [6, 6.07) is 7.59. The number of carbonyl (C=O) groups is 1. The Kier molecular flexibility index (Phi) is 3.93. The maximum Gasteiger partial charge on any atom is 0.213 e. The molecule has 0 fully saturated rings. The summed E-state index contributed by atoms with van der Waals surface area (Å²) in [5, 5.41) is 5.52. The van der Waals surface area contributed by atoms with E-state index in [1.807, 2.05) is 31.2 Å². The molecule has 0 aliphatic carbocycles. The van der Waals surface area contributed by atoms with Gasteiger partial charge in [0.05, 0.1) is 6.61 Å². The monoisotopic (exact) mass is 329 g/mol. The summed E-state index contributed by atoms with van der Waals surface area (Å²) in [5.41, 5.74) is 1.95. The van der Waals surface area contributed by atoms with Crippen molar-refractivity contribution in [3.05, 3.63) is 35.0 Å². The Balaban J connectivity index is 2.07. The normalized spacial score (nSPS) is 11.8. The van der Waals surface area contributed by atoms with Crippen molar-refractivity contribution in [2.75, 3.05) is 6.61 Å². The van der Waals surface area contributed by atoms with E-state index in [1.165, 1.54) is 11.3 Å². The molecule has 0 unspecified atom stereocenters. The molecule has 0 bridgehead atoms. The minimum atomic E-state index is -0.0647. The van der Waals surface area contributed by atoms with Crippen molar-refractivity contribution in [3.8, 4) is 17.0 Å². The number of ether oxygens (including phenoxy) is 1. The minimum absolute atomic E-state index is 0.0647. The molecule has 120 valence electrons. The maximum absolute atomic E-state index is 11.6. The Hall–Kier alpha value is -2.21. The van der Waals surface area contributed by atoms with Crippen LogP contribution in [0.3, 0.4) is 0 Å². The van der Waals surface area contributed by atoms with E-state index in [4.69, 9.17) is 4.74 Å². The first-order chi connectivity index (χ1) is 10.9. The molecule has 6 heteroatoms. The number of hydrogen-bond donors (Lipinski definition) is 0. The van der Waals surface area contributed by atoms with Gasteiger partial charge < -0.3 is 4.74 Å². The van der Waals surface area contributed by atoms with E-state index in [2.05, 4.69) is 30.9 Å². The van der Waals surface area contributed by atoms with Crippen LogP contribution in [-0.4, -0.2) is 27.5 Å². The van der Waals surface area contributed by atoms with Gasteiger partial charge in [-0.2, -0.15) is 9.61 Å². The molecular weight excluding hydrogens is 310 g/mol. The summed E-state index contributed by atoms with van der Waals surface area (Å²) >= 11 is 1.52. The molecule has 0 amide bonds. The highest BCUT2D eigenvalue weighted by atomic mass is 32.1. The fraction of sp³-hybridized carbons (Fsp3) is 0.353. The summed E-state index contributed by atoms with van der Waals surface area (Å²) in [7, 11) is 0. The summed E-state index contributed by atoms with van der Waals surface area (Å²) < 4.78 is 7.09. The fourth-order valence-corrected chi connectivity index (χ4v) is 3.23. The van der Waals surface area contributed by atoms with Crippen molar-refractivity contribution >= 4 is 22.6 Å². The molecule has 3 rings (SSSR count). The second-order valence-corrected chi connectivity index (χ2v) is 7.23. The van der Waals surface area contributed by atoms with E-state index >= 15 is 0 Å². The maximum atomic E-state index is 11.6. The van der Waals surface area contributed by atoms with Crippen LogP contribution in [0.25, 0.3) is 16.2 Å². The summed E-state index contributed by atoms with van der Waals surface area (Å²) in [5.74, 6) is 0.804. The lowest BCUT2D eigenvalue weighted by Crippen LogP contribution is -2.11. The van der Waals surface area contributed by atoms with Crippen LogP contribution in [0.5, 0.6) is 5.75 Å². The number of nitrogens with zero attached hydrogens (tertiary/aromatic N) is 3. The molecule has 23 heavy (non-hydrogen) atoms. The van der Waals surface area contributed by atoms with Gasteiger partial charge in [0.25, 0.3) is 0 Å². The van der Waals surface area contributed by atoms with Crippen LogP contribution in [0.2, 0.25) is 0 Å². The summed E-state index contributed by atoms with van der Waals surface area (Å²) in [6.45, 7) is 8.86. The van der Waals surface area contributed by atoms with Crippen LogP contribution >= 0.6 is 11.3 Å². The molecule has 0 saturated heterocycles. The molecule has 0 spiro atoms. The van der Waals surface area contributed by atoms with Gasteiger partial charge in [0.15, 0.2) is 6.29 Å². The van der Waals surface area contributed by atoms with E-state index < -0.39 is 0 Å². The summed E-state index contributed by atoms with van der Waals surface area (Å²) in [4.78, 5) is 16.9. The standard InChI is InChI=1S/C17H19N3O2S/c1-5-22-12-8-6-11(7-9-12)14-13(10-21)20-16(18-14)23-15(19-20)17(2,3)4/h6-10H,5H2,1-4H3. The first-order valence-electron chi connectivity index (χ1n) is 7.52. The lowest BCUT2D eigenvalue weighted by molar-refractivity contribution is 0.111. The first kappa shape index (κ1) is 15.7. The van der Waals surface area contributed by atoms with Gasteiger partial charge in [-0.1, -0.05) is 32.1 Å². The number of rotatable bonds is 4. The Bertz CT molecular complexity index is 841. The molecule has 5 nitrogen and oxygen atoms in total. The third-order valence-electron chi connectivity index (χ3n) is 3.43. The zero-order valence-corrected chi connectivity index (χ0v) is 14.5. The highest BCUT2D eigenvalue weighted by molar-refractivity contribution is 7.16. The van der Waals surface area contributed by atoms with Gasteiger partial charge in [-0.25, -0.2) is 4.98 Å². The zero-order chi connectivity index (χ0) is 16.6. The van der Waals surface area contributed by atoms with E-state index in [0.29, 0.717) is 18.0 Å². The molecular formula is C17H19N3O2S. The van der Waals surface area contributed by atoms with E-state index in [9.17, 15) is 4.79 Å². The second-order valence-electron chi connectivity index (χ2n) is 6.27. The first-order valence-corrected chi connectivity index (χ1v) is 8.34. The number of fused-ring (bicyclic) bond motifs is 1. The number of aromatic nitrogens is 3. The van der Waals surface area contributed by atoms with Gasteiger partial charge in [-0.05, 0) is 31.2 Å². The number of imidazole rings is 1. The predicted octanol–water partition coefficient (Wildman–Crippen LogP) is 3.97. The molecule has 0 saturated carbocycles. The van der Waals surface area contributed by atoms with Gasteiger partial charge in [-0.15, -0.1) is 0 Å². The zero-order valence-electron chi connectivity index (χ0n) is 13.7. The van der Waals surface area contributed by atoms with Gasteiger partial charge in [-0.3, -0.25) is 4.79 Å². The van der Waals surface area contributed by atoms with E-state index in [1.54, 1.807) is 4.52 Å². The summed E-state index contributed by atoms with van der Waals surface area (Å²) in [6.07, 6.45) is 0.817. The fourth-order valence-electron chi connectivity index (χ4n) is 2.26. The number of carbonyl (C=O) groups excluding carboxylic acids is 1. The lowest BCUT2D eigenvalue weighted by atomic mass is 9.98. The highest BCUT2D eigenvalue weighted by Gasteiger charge is 2.23. The number of hydrogen-bond acceptors (Lipinski definition) is 5. The quantitative estimate of drug-likeness (QED) is 0.680. The van der Waals surface area contributed by atoms with Crippen LogP contribution < -0.4 is 4.74 Å². The topological polar surface area (TPSA) is 56.5 Å². The molecule has 0 aliphatic rings. The van der Waals surface area contributed by atoms with Crippen molar-refractivity contribution in [3.63, 3.8) is 0 Å². The molecule has 2 heterocycles. The van der Waals surface area contributed by atoms with Crippen LogP contribution in [-0.2, 0) is 5.41 Å². The molecule has 0 aliphatic heterocycles. The Labute approximate surface area is 138 Å². The van der Waals surface area contributed by atoms with Crippen molar-refractivity contribution < 1.29 is 9.53 Å². The van der Waals surface area contributed by atoms with Crippen molar-refractivity contribution in [1.29, 1.82) is 0 Å². The molecule has 3 aromatic rings. The average molecular weight is 329 g/mol. The Morgan fingerprint density at radius 1 is 1.26 bits per heavy atom. The Morgan fingerprint density at radius 3 is 2.52 bits per heavy atom. The van der Waals surface area contributed by atoms with E-state index in [-0.39, 0.29) is 5.41 Å². The van der Waals surface area contributed by atoms with Gasteiger partial charge in [0.1, 0.15) is 22.1 Å². The van der Waals surface area contributed by atoms with Gasteiger partial charge in [0.2, 0.25) is 4.96 Å². The number of aldehydes is 1.